The molecule has 1 saturated heterocycles. The molecule has 0 radical (unpaired) electrons. The Bertz CT molecular complexity index is 488. The highest BCUT2D eigenvalue weighted by atomic mass is 32.1. The smallest absolute Gasteiger partial charge is 0.273 e. The van der Waals surface area contributed by atoms with Crippen LogP contribution in [0.15, 0.2) is 29.6 Å². The second-order valence-corrected chi connectivity index (χ2v) is 4.93. The molecule has 1 fully saturated rings. The van der Waals surface area contributed by atoms with Crippen LogP contribution < -0.4 is 0 Å². The monoisotopic (exact) mass is 248 g/mol. The van der Waals surface area contributed by atoms with Gasteiger partial charge in [0.15, 0.2) is 0 Å². The first-order valence-electron chi connectivity index (χ1n) is 5.46. The molecule has 2 aromatic rings. The Morgan fingerprint density at radius 1 is 1.53 bits per heavy atom. The summed E-state index contributed by atoms with van der Waals surface area (Å²) < 4.78 is 2.05. The van der Waals surface area contributed by atoms with Crippen LogP contribution in [-0.4, -0.2) is 38.4 Å². The standard InChI is InChI=1S/C11H12N4OS/c16-11(10-6-17-8-13-10)15-4-9(5-15)3-14-2-1-12-7-14/h1-2,6-9H,3-5H2. The predicted molar refractivity (Wildman–Crippen MR) is 63.7 cm³/mol. The fourth-order valence-corrected chi connectivity index (χ4v) is 2.55. The third kappa shape index (κ3) is 2.08. The number of rotatable bonds is 3. The molecular weight excluding hydrogens is 236 g/mol. The van der Waals surface area contributed by atoms with E-state index >= 15 is 0 Å². The van der Waals surface area contributed by atoms with Crippen LogP contribution in [0.4, 0.5) is 0 Å². The van der Waals surface area contributed by atoms with Crippen molar-refractivity contribution in [2.45, 2.75) is 6.54 Å². The van der Waals surface area contributed by atoms with E-state index in [0.29, 0.717) is 11.6 Å². The van der Waals surface area contributed by atoms with Gasteiger partial charge in [0, 0.05) is 43.3 Å². The van der Waals surface area contributed by atoms with Crippen molar-refractivity contribution in [1.82, 2.24) is 19.4 Å². The molecule has 5 nitrogen and oxygen atoms in total. The molecule has 0 saturated carbocycles. The van der Waals surface area contributed by atoms with Gasteiger partial charge < -0.3 is 9.47 Å². The maximum Gasteiger partial charge on any atom is 0.273 e. The van der Waals surface area contributed by atoms with Gasteiger partial charge in [0.25, 0.3) is 5.91 Å². The number of thiazole rings is 1. The van der Waals surface area contributed by atoms with Gasteiger partial charge in [-0.25, -0.2) is 9.97 Å². The zero-order chi connectivity index (χ0) is 11.7. The van der Waals surface area contributed by atoms with Crippen molar-refractivity contribution in [3.8, 4) is 0 Å². The maximum atomic E-state index is 11.9. The van der Waals surface area contributed by atoms with Crippen LogP contribution in [0.25, 0.3) is 0 Å². The van der Waals surface area contributed by atoms with Crippen molar-refractivity contribution in [3.05, 3.63) is 35.3 Å². The molecule has 1 amide bonds. The van der Waals surface area contributed by atoms with Crippen LogP contribution >= 0.6 is 11.3 Å². The van der Waals surface area contributed by atoms with Crippen LogP contribution in [0, 0.1) is 5.92 Å². The lowest BCUT2D eigenvalue weighted by Crippen LogP contribution is -2.51. The first-order valence-corrected chi connectivity index (χ1v) is 6.40. The molecule has 0 bridgehead atoms. The summed E-state index contributed by atoms with van der Waals surface area (Å²) in [6, 6.07) is 0. The largest absolute Gasteiger partial charge is 0.337 e. The van der Waals surface area contributed by atoms with Crippen molar-refractivity contribution in [1.29, 1.82) is 0 Å². The van der Waals surface area contributed by atoms with Gasteiger partial charge in [-0.3, -0.25) is 4.79 Å². The fraction of sp³-hybridized carbons (Fsp3) is 0.364. The highest BCUT2D eigenvalue weighted by molar-refractivity contribution is 7.07. The third-order valence-electron chi connectivity index (χ3n) is 2.92. The molecule has 0 atom stereocenters. The molecule has 0 aliphatic carbocycles. The second kappa shape index (κ2) is 4.29. The summed E-state index contributed by atoms with van der Waals surface area (Å²) in [6.07, 6.45) is 5.53. The average Bonchev–Trinajstić information content (AvgIpc) is 2.94. The van der Waals surface area contributed by atoms with Gasteiger partial charge in [0.05, 0.1) is 11.8 Å². The molecule has 0 spiro atoms. The molecule has 6 heteroatoms. The van der Waals surface area contributed by atoms with E-state index in [9.17, 15) is 4.79 Å². The highest BCUT2D eigenvalue weighted by Crippen LogP contribution is 2.20. The van der Waals surface area contributed by atoms with E-state index in [1.54, 1.807) is 17.1 Å². The van der Waals surface area contributed by atoms with Crippen LogP contribution in [-0.2, 0) is 6.54 Å². The van der Waals surface area contributed by atoms with Crippen LogP contribution in [0.3, 0.4) is 0 Å². The van der Waals surface area contributed by atoms with E-state index in [4.69, 9.17) is 0 Å². The van der Waals surface area contributed by atoms with Gasteiger partial charge in [-0.1, -0.05) is 0 Å². The number of likely N-dealkylation sites (tertiary alicyclic amines) is 1. The Morgan fingerprint density at radius 3 is 3.06 bits per heavy atom. The molecule has 0 aromatic carbocycles. The van der Waals surface area contributed by atoms with Gasteiger partial charge in [-0.05, 0) is 0 Å². The SMILES string of the molecule is O=C(c1cscn1)N1CC(Cn2ccnc2)C1. The summed E-state index contributed by atoms with van der Waals surface area (Å²) in [5, 5.41) is 1.80. The molecule has 3 rings (SSSR count). The molecule has 0 N–H and O–H groups in total. The Balaban J connectivity index is 1.53. The quantitative estimate of drug-likeness (QED) is 0.817. The zero-order valence-electron chi connectivity index (χ0n) is 9.19. The Morgan fingerprint density at radius 2 is 2.41 bits per heavy atom. The van der Waals surface area contributed by atoms with Gasteiger partial charge in [-0.2, -0.15) is 0 Å². The highest BCUT2D eigenvalue weighted by Gasteiger charge is 2.31. The first kappa shape index (κ1) is 10.5. The van der Waals surface area contributed by atoms with Crippen molar-refractivity contribution >= 4 is 17.2 Å². The molecule has 17 heavy (non-hydrogen) atoms. The number of carbonyl (C=O) groups excluding carboxylic acids is 1. The van der Waals surface area contributed by atoms with Gasteiger partial charge in [-0.15, -0.1) is 11.3 Å². The first-order chi connectivity index (χ1) is 8.33. The number of hydrogen-bond acceptors (Lipinski definition) is 4. The Labute approximate surface area is 103 Å². The van der Waals surface area contributed by atoms with Crippen molar-refractivity contribution < 1.29 is 4.79 Å². The topological polar surface area (TPSA) is 51.0 Å². The van der Waals surface area contributed by atoms with E-state index in [0.717, 1.165) is 19.6 Å². The summed E-state index contributed by atoms with van der Waals surface area (Å²) in [5.74, 6) is 0.583. The average molecular weight is 248 g/mol. The maximum absolute atomic E-state index is 11.9. The second-order valence-electron chi connectivity index (χ2n) is 4.21. The summed E-state index contributed by atoms with van der Waals surface area (Å²) in [7, 11) is 0. The normalized spacial score (nSPS) is 15.9. The molecular formula is C11H12N4OS. The lowest BCUT2D eigenvalue weighted by Gasteiger charge is -2.39. The lowest BCUT2D eigenvalue weighted by atomic mass is 10.00. The number of hydrogen-bond donors (Lipinski definition) is 0. The van der Waals surface area contributed by atoms with Gasteiger partial charge >= 0.3 is 0 Å². The lowest BCUT2D eigenvalue weighted by molar-refractivity contribution is 0.0463. The minimum Gasteiger partial charge on any atom is -0.337 e. The van der Waals surface area contributed by atoms with Gasteiger partial charge in [0.1, 0.15) is 5.69 Å². The van der Waals surface area contributed by atoms with E-state index in [2.05, 4.69) is 14.5 Å². The molecule has 0 unspecified atom stereocenters. The molecule has 2 aromatic heterocycles. The minimum absolute atomic E-state index is 0.0492. The minimum atomic E-state index is 0.0492. The summed E-state index contributed by atoms with van der Waals surface area (Å²) in [5.41, 5.74) is 2.26. The summed E-state index contributed by atoms with van der Waals surface area (Å²) in [6.45, 7) is 2.56. The van der Waals surface area contributed by atoms with E-state index < -0.39 is 0 Å². The summed E-state index contributed by atoms with van der Waals surface area (Å²) in [4.78, 5) is 21.8. The van der Waals surface area contributed by atoms with Crippen molar-refractivity contribution in [3.63, 3.8) is 0 Å². The zero-order valence-corrected chi connectivity index (χ0v) is 10.0. The molecule has 1 aliphatic rings. The predicted octanol–water partition coefficient (Wildman–Crippen LogP) is 1.11. The number of nitrogens with zero attached hydrogens (tertiary/aromatic N) is 4. The molecule has 3 heterocycles. The van der Waals surface area contributed by atoms with Crippen LogP contribution in [0.2, 0.25) is 0 Å². The fourth-order valence-electron chi connectivity index (χ4n) is 2.02. The Kier molecular flexibility index (Phi) is 2.64. The van der Waals surface area contributed by atoms with Gasteiger partial charge in [0.2, 0.25) is 0 Å². The van der Waals surface area contributed by atoms with Crippen LogP contribution in [0.5, 0.6) is 0 Å². The van der Waals surface area contributed by atoms with E-state index in [-0.39, 0.29) is 5.91 Å². The third-order valence-corrected chi connectivity index (χ3v) is 3.51. The number of aromatic nitrogens is 3. The summed E-state index contributed by atoms with van der Waals surface area (Å²) >= 11 is 1.45. The van der Waals surface area contributed by atoms with E-state index in [1.807, 2.05) is 17.4 Å². The van der Waals surface area contributed by atoms with Crippen LogP contribution in [0.1, 0.15) is 10.5 Å². The van der Waals surface area contributed by atoms with Crippen molar-refractivity contribution in [2.24, 2.45) is 5.92 Å². The van der Waals surface area contributed by atoms with E-state index in [1.165, 1.54) is 11.3 Å². The number of amides is 1. The number of imidazole rings is 1. The molecule has 1 aliphatic heterocycles. The number of carbonyl (C=O) groups is 1. The molecule has 88 valence electrons. The van der Waals surface area contributed by atoms with Crippen molar-refractivity contribution in [2.75, 3.05) is 13.1 Å². The Hall–Kier alpha value is -1.69.